The highest BCUT2D eigenvalue weighted by atomic mass is 16.5. The van der Waals surface area contributed by atoms with Gasteiger partial charge in [-0.25, -0.2) is 0 Å². The molecule has 1 aliphatic rings. The van der Waals surface area contributed by atoms with Gasteiger partial charge in [-0.15, -0.1) is 0 Å². The van der Waals surface area contributed by atoms with Gasteiger partial charge in [0, 0.05) is 17.7 Å². The van der Waals surface area contributed by atoms with Crippen molar-refractivity contribution in [1.29, 1.82) is 0 Å². The molecule has 0 bridgehead atoms. The highest BCUT2D eigenvalue weighted by Crippen LogP contribution is 2.33. The van der Waals surface area contributed by atoms with Crippen molar-refractivity contribution >= 4 is 11.5 Å². The lowest BCUT2D eigenvalue weighted by molar-refractivity contribution is 0.106. The van der Waals surface area contributed by atoms with Crippen LogP contribution in [0.4, 0.5) is 0 Å². The molecule has 0 saturated carbocycles. The molecular weight excluding hydrogens is 326 g/mol. The molecule has 0 N–H and O–H groups in total. The number of carbonyl (C=O) groups is 1. The van der Waals surface area contributed by atoms with Gasteiger partial charge in [0.1, 0.15) is 5.71 Å². The van der Waals surface area contributed by atoms with Crippen LogP contribution in [0.15, 0.2) is 47.5 Å². The predicted octanol–water partition coefficient (Wildman–Crippen LogP) is 4.49. The molecule has 136 valence electrons. The van der Waals surface area contributed by atoms with Gasteiger partial charge >= 0.3 is 0 Å². The average Bonchev–Trinajstić information content (AvgIpc) is 2.70. The number of ether oxygens (including phenoxy) is 2. The Labute approximate surface area is 154 Å². The predicted molar refractivity (Wildman–Crippen MR) is 104 cm³/mol. The molecule has 3 rings (SSSR count). The summed E-state index contributed by atoms with van der Waals surface area (Å²) in [6.45, 7) is 3.46. The van der Waals surface area contributed by atoms with E-state index in [2.05, 4.69) is 11.9 Å². The SMILES string of the molecule is CCCCCOc1cc2c(cc1OC)C(C(=O)c1ccccc1)=NCC2. The smallest absolute Gasteiger partial charge is 0.211 e. The van der Waals surface area contributed by atoms with Crippen molar-refractivity contribution in [2.45, 2.75) is 32.6 Å². The van der Waals surface area contributed by atoms with Crippen LogP contribution in [0.5, 0.6) is 11.5 Å². The number of nitrogens with zero attached hydrogens (tertiary/aromatic N) is 1. The summed E-state index contributed by atoms with van der Waals surface area (Å²) in [6, 6.07) is 13.2. The Morgan fingerprint density at radius 2 is 1.92 bits per heavy atom. The Balaban J connectivity index is 1.88. The first-order valence-corrected chi connectivity index (χ1v) is 9.23. The van der Waals surface area contributed by atoms with Crippen LogP contribution < -0.4 is 9.47 Å². The molecule has 0 saturated heterocycles. The van der Waals surface area contributed by atoms with Crippen molar-refractivity contribution in [2.75, 3.05) is 20.3 Å². The maximum atomic E-state index is 12.9. The Kier molecular flexibility index (Phi) is 6.05. The Bertz CT molecular complexity index is 797. The number of hydrogen-bond acceptors (Lipinski definition) is 4. The summed E-state index contributed by atoms with van der Waals surface area (Å²) in [5.41, 5.74) is 3.10. The van der Waals surface area contributed by atoms with E-state index in [9.17, 15) is 4.79 Å². The highest BCUT2D eigenvalue weighted by Gasteiger charge is 2.24. The largest absolute Gasteiger partial charge is 0.493 e. The van der Waals surface area contributed by atoms with Crippen LogP contribution in [-0.4, -0.2) is 31.8 Å². The molecule has 4 heteroatoms. The van der Waals surface area contributed by atoms with E-state index in [1.807, 2.05) is 42.5 Å². The Morgan fingerprint density at radius 3 is 2.65 bits per heavy atom. The second-order valence-corrected chi connectivity index (χ2v) is 6.39. The lowest BCUT2D eigenvalue weighted by atomic mass is 9.92. The van der Waals surface area contributed by atoms with Crippen LogP contribution in [0.25, 0.3) is 0 Å². The first-order valence-electron chi connectivity index (χ1n) is 9.23. The molecule has 0 radical (unpaired) electrons. The van der Waals surface area contributed by atoms with Crippen molar-refractivity contribution in [1.82, 2.24) is 0 Å². The van der Waals surface area contributed by atoms with E-state index in [4.69, 9.17) is 9.47 Å². The fourth-order valence-corrected chi connectivity index (χ4v) is 3.13. The van der Waals surface area contributed by atoms with Crippen molar-refractivity contribution in [3.63, 3.8) is 0 Å². The van der Waals surface area contributed by atoms with Gasteiger partial charge in [-0.2, -0.15) is 0 Å². The number of benzene rings is 2. The molecule has 2 aromatic rings. The highest BCUT2D eigenvalue weighted by molar-refractivity contribution is 6.51. The fourth-order valence-electron chi connectivity index (χ4n) is 3.13. The van der Waals surface area contributed by atoms with E-state index in [1.165, 1.54) is 0 Å². The van der Waals surface area contributed by atoms with Crippen LogP contribution in [-0.2, 0) is 6.42 Å². The molecule has 0 aromatic heterocycles. The maximum Gasteiger partial charge on any atom is 0.211 e. The number of Topliss-reactive ketones (excluding diaryl/α,β-unsaturated/α-hetero) is 1. The van der Waals surface area contributed by atoms with Gasteiger partial charge in [-0.1, -0.05) is 50.1 Å². The number of unbranched alkanes of at least 4 members (excludes halogenated alkanes) is 2. The lowest BCUT2D eigenvalue weighted by Crippen LogP contribution is -2.22. The van der Waals surface area contributed by atoms with Crippen molar-refractivity contribution in [3.05, 3.63) is 59.2 Å². The number of methoxy groups -OCH3 is 1. The lowest BCUT2D eigenvalue weighted by Gasteiger charge is -2.20. The minimum atomic E-state index is -0.0507. The monoisotopic (exact) mass is 351 g/mol. The third-order valence-electron chi connectivity index (χ3n) is 4.55. The van der Waals surface area contributed by atoms with Gasteiger partial charge in [-0.3, -0.25) is 9.79 Å². The van der Waals surface area contributed by atoms with Crippen molar-refractivity contribution in [3.8, 4) is 11.5 Å². The number of ketones is 1. The normalized spacial score (nSPS) is 12.9. The van der Waals surface area contributed by atoms with Crippen LogP contribution in [0.2, 0.25) is 0 Å². The zero-order chi connectivity index (χ0) is 18.4. The molecular formula is C22H25NO3. The second kappa shape index (κ2) is 8.65. The molecule has 2 aromatic carbocycles. The molecule has 4 nitrogen and oxygen atoms in total. The minimum Gasteiger partial charge on any atom is -0.493 e. The standard InChI is InChI=1S/C22H25NO3/c1-3-4-8-13-26-20-14-17-11-12-23-21(18(17)15-19(20)25-2)22(24)16-9-6-5-7-10-16/h5-7,9-10,14-15H,3-4,8,11-13H2,1-2H3. The summed E-state index contributed by atoms with van der Waals surface area (Å²) in [6.07, 6.45) is 4.13. The zero-order valence-electron chi connectivity index (χ0n) is 15.5. The quantitative estimate of drug-likeness (QED) is 0.520. The summed E-state index contributed by atoms with van der Waals surface area (Å²) in [7, 11) is 1.62. The van der Waals surface area contributed by atoms with E-state index in [1.54, 1.807) is 7.11 Å². The average molecular weight is 351 g/mol. The van der Waals surface area contributed by atoms with Crippen LogP contribution in [0, 0.1) is 0 Å². The van der Waals surface area contributed by atoms with Crippen molar-refractivity contribution in [2.24, 2.45) is 4.99 Å². The van der Waals surface area contributed by atoms with E-state index in [0.717, 1.165) is 42.6 Å². The first-order chi connectivity index (χ1) is 12.7. The van der Waals surface area contributed by atoms with E-state index >= 15 is 0 Å². The first kappa shape index (κ1) is 18.2. The minimum absolute atomic E-state index is 0.0507. The van der Waals surface area contributed by atoms with Gasteiger partial charge in [0.25, 0.3) is 0 Å². The van der Waals surface area contributed by atoms with Gasteiger partial charge in [0.15, 0.2) is 11.5 Å². The van der Waals surface area contributed by atoms with Gasteiger partial charge in [0.2, 0.25) is 5.78 Å². The van der Waals surface area contributed by atoms with Crippen molar-refractivity contribution < 1.29 is 14.3 Å². The van der Waals surface area contributed by atoms with E-state index in [-0.39, 0.29) is 5.78 Å². The third-order valence-corrected chi connectivity index (χ3v) is 4.55. The molecule has 1 aliphatic heterocycles. The van der Waals surface area contributed by atoms with Gasteiger partial charge in [0.05, 0.1) is 13.7 Å². The Morgan fingerprint density at radius 1 is 1.12 bits per heavy atom. The summed E-state index contributed by atoms with van der Waals surface area (Å²) >= 11 is 0. The van der Waals surface area contributed by atoms with Crippen LogP contribution in [0.1, 0.15) is 47.7 Å². The number of aliphatic imine (C=N–C) groups is 1. The van der Waals surface area contributed by atoms with E-state index < -0.39 is 0 Å². The molecule has 0 fully saturated rings. The summed E-state index contributed by atoms with van der Waals surface area (Å²) in [5.74, 6) is 1.34. The summed E-state index contributed by atoms with van der Waals surface area (Å²) < 4.78 is 11.4. The number of carbonyl (C=O) groups excluding carboxylic acids is 1. The number of rotatable bonds is 8. The molecule has 1 heterocycles. The summed E-state index contributed by atoms with van der Waals surface area (Å²) in [4.78, 5) is 17.4. The topological polar surface area (TPSA) is 47.9 Å². The molecule has 0 spiro atoms. The van der Waals surface area contributed by atoms with E-state index in [0.29, 0.717) is 30.2 Å². The maximum absolute atomic E-state index is 12.9. The molecule has 0 atom stereocenters. The molecule has 26 heavy (non-hydrogen) atoms. The molecule has 0 aliphatic carbocycles. The molecule has 0 amide bonds. The van der Waals surface area contributed by atoms with Gasteiger partial charge in [-0.05, 0) is 30.5 Å². The zero-order valence-corrected chi connectivity index (χ0v) is 15.5. The van der Waals surface area contributed by atoms with Crippen LogP contribution >= 0.6 is 0 Å². The second-order valence-electron chi connectivity index (χ2n) is 6.39. The van der Waals surface area contributed by atoms with Gasteiger partial charge < -0.3 is 9.47 Å². The number of hydrogen-bond donors (Lipinski definition) is 0. The van der Waals surface area contributed by atoms with Crippen LogP contribution in [0.3, 0.4) is 0 Å². The Hall–Kier alpha value is -2.62. The molecule has 0 unspecified atom stereocenters. The summed E-state index contributed by atoms with van der Waals surface area (Å²) in [5, 5.41) is 0. The third kappa shape index (κ3) is 3.96. The number of fused-ring (bicyclic) bond motifs is 1. The fraction of sp³-hybridized carbons (Fsp3) is 0.364.